The van der Waals surface area contributed by atoms with Gasteiger partial charge in [-0.25, -0.2) is 0 Å². The van der Waals surface area contributed by atoms with Crippen molar-refractivity contribution in [2.24, 2.45) is 0 Å². The van der Waals surface area contributed by atoms with Gasteiger partial charge in [0.2, 0.25) is 0 Å². The maximum Gasteiger partial charge on any atom is 0.119 e. The molecule has 0 aliphatic heterocycles. The zero-order valence-corrected chi connectivity index (χ0v) is 10.3. The fourth-order valence-corrected chi connectivity index (χ4v) is 1.95. The van der Waals surface area contributed by atoms with Gasteiger partial charge < -0.3 is 4.74 Å². The van der Waals surface area contributed by atoms with E-state index in [1.54, 1.807) is 0 Å². The Labute approximate surface area is 97.8 Å². The molecule has 0 aliphatic carbocycles. The van der Waals surface area contributed by atoms with Crippen molar-refractivity contribution >= 4 is 22.6 Å². The fourth-order valence-electron chi connectivity index (χ4n) is 1.17. The van der Waals surface area contributed by atoms with Crippen molar-refractivity contribution in [1.82, 2.24) is 0 Å². The van der Waals surface area contributed by atoms with Crippen LogP contribution in [0.5, 0.6) is 5.75 Å². The van der Waals surface area contributed by atoms with Crippen LogP contribution >= 0.6 is 22.6 Å². The van der Waals surface area contributed by atoms with E-state index in [1.807, 2.05) is 25.1 Å². The van der Waals surface area contributed by atoms with Crippen molar-refractivity contribution in [3.8, 4) is 5.75 Å². The van der Waals surface area contributed by atoms with Gasteiger partial charge in [0.15, 0.2) is 0 Å². The molecule has 77 valence electrons. The highest BCUT2D eigenvalue weighted by Crippen LogP contribution is 2.26. The topological polar surface area (TPSA) is 9.23 Å². The Kier molecular flexibility index (Phi) is 4.65. The van der Waals surface area contributed by atoms with Gasteiger partial charge in [-0.3, -0.25) is 4.39 Å². The molecule has 0 bridgehead atoms. The quantitative estimate of drug-likeness (QED) is 0.773. The Morgan fingerprint density at radius 2 is 2.29 bits per heavy atom. The zero-order chi connectivity index (χ0) is 10.6. The molecule has 0 fully saturated rings. The highest BCUT2D eigenvalue weighted by Gasteiger charge is 2.10. The van der Waals surface area contributed by atoms with E-state index in [0.717, 1.165) is 14.9 Å². The molecule has 3 heteroatoms. The summed E-state index contributed by atoms with van der Waals surface area (Å²) in [5.74, 6) is 0.479. The molecule has 1 nitrogen and oxygen atoms in total. The SMILES string of the molecule is [CH2]C(CF)c1cc(OCC)ccc1I. The second kappa shape index (κ2) is 5.53. The molecule has 1 aromatic carbocycles. The molecule has 0 aromatic heterocycles. The first-order valence-electron chi connectivity index (χ1n) is 4.50. The molecule has 1 aromatic rings. The Bertz CT molecular complexity index is 301. The largest absolute Gasteiger partial charge is 0.494 e. The van der Waals surface area contributed by atoms with Crippen LogP contribution in [0, 0.1) is 10.5 Å². The summed E-state index contributed by atoms with van der Waals surface area (Å²) < 4.78 is 18.8. The average molecular weight is 307 g/mol. The average Bonchev–Trinajstić information content (AvgIpc) is 2.20. The Hall–Kier alpha value is -0.320. The first kappa shape index (κ1) is 11.8. The molecule has 1 radical (unpaired) electrons. The lowest BCUT2D eigenvalue weighted by molar-refractivity contribution is 0.339. The summed E-state index contributed by atoms with van der Waals surface area (Å²) in [6.07, 6.45) is 0. The van der Waals surface area contributed by atoms with Crippen LogP contribution in [0.4, 0.5) is 4.39 Å². The van der Waals surface area contributed by atoms with Gasteiger partial charge in [0.25, 0.3) is 0 Å². The van der Waals surface area contributed by atoms with E-state index < -0.39 is 6.67 Å². The number of hydrogen-bond acceptors (Lipinski definition) is 1. The number of halogens is 2. The van der Waals surface area contributed by atoms with Crippen LogP contribution in [0.15, 0.2) is 18.2 Å². The molecule has 1 atom stereocenters. The van der Waals surface area contributed by atoms with Gasteiger partial charge >= 0.3 is 0 Å². The summed E-state index contributed by atoms with van der Waals surface area (Å²) in [5.41, 5.74) is 0.916. The van der Waals surface area contributed by atoms with E-state index in [4.69, 9.17) is 4.74 Å². The predicted molar refractivity (Wildman–Crippen MR) is 64.4 cm³/mol. The highest BCUT2D eigenvalue weighted by molar-refractivity contribution is 14.1. The molecule has 0 aliphatic rings. The molecular formula is C11H13FIO. The van der Waals surface area contributed by atoms with Gasteiger partial charge in [-0.05, 0) is 60.2 Å². The maximum absolute atomic E-state index is 12.5. The van der Waals surface area contributed by atoms with Gasteiger partial charge in [-0.2, -0.15) is 0 Å². The second-order valence-electron chi connectivity index (χ2n) is 2.97. The summed E-state index contributed by atoms with van der Waals surface area (Å²) in [4.78, 5) is 0. The number of benzene rings is 1. The lowest BCUT2D eigenvalue weighted by Crippen LogP contribution is -2.00. The van der Waals surface area contributed by atoms with Gasteiger partial charge in [0.1, 0.15) is 5.75 Å². The molecule has 0 N–H and O–H groups in total. The van der Waals surface area contributed by atoms with E-state index >= 15 is 0 Å². The summed E-state index contributed by atoms with van der Waals surface area (Å²) >= 11 is 2.18. The number of hydrogen-bond donors (Lipinski definition) is 0. The summed E-state index contributed by atoms with van der Waals surface area (Å²) in [6, 6.07) is 5.68. The van der Waals surface area contributed by atoms with Gasteiger partial charge in [-0.1, -0.05) is 0 Å². The Morgan fingerprint density at radius 1 is 1.57 bits per heavy atom. The third-order valence-electron chi connectivity index (χ3n) is 1.90. The fraction of sp³-hybridized carbons (Fsp3) is 0.364. The third-order valence-corrected chi connectivity index (χ3v) is 2.89. The van der Waals surface area contributed by atoms with Crippen LogP contribution < -0.4 is 4.74 Å². The van der Waals surface area contributed by atoms with Crippen LogP contribution in [-0.4, -0.2) is 13.3 Å². The lowest BCUT2D eigenvalue weighted by Gasteiger charge is -2.12. The van der Waals surface area contributed by atoms with Gasteiger partial charge in [0.05, 0.1) is 13.3 Å². The lowest BCUT2D eigenvalue weighted by atomic mass is 10.0. The van der Waals surface area contributed by atoms with Crippen molar-refractivity contribution in [2.45, 2.75) is 12.8 Å². The maximum atomic E-state index is 12.5. The van der Waals surface area contributed by atoms with E-state index in [1.165, 1.54) is 0 Å². The molecule has 0 spiro atoms. The second-order valence-corrected chi connectivity index (χ2v) is 4.13. The summed E-state index contributed by atoms with van der Waals surface area (Å²) in [7, 11) is 0. The van der Waals surface area contributed by atoms with Crippen LogP contribution in [0.3, 0.4) is 0 Å². The molecule has 1 rings (SSSR count). The van der Waals surface area contributed by atoms with Gasteiger partial charge in [0, 0.05) is 9.49 Å². The smallest absolute Gasteiger partial charge is 0.119 e. The van der Waals surface area contributed by atoms with Crippen molar-refractivity contribution in [1.29, 1.82) is 0 Å². The molecule has 1 unspecified atom stereocenters. The van der Waals surface area contributed by atoms with E-state index in [9.17, 15) is 4.39 Å². The van der Waals surface area contributed by atoms with Crippen LogP contribution in [0.25, 0.3) is 0 Å². The molecule has 0 saturated carbocycles. The number of ether oxygens (including phenoxy) is 1. The van der Waals surface area contributed by atoms with Crippen LogP contribution in [-0.2, 0) is 0 Å². The first-order valence-corrected chi connectivity index (χ1v) is 5.58. The highest BCUT2D eigenvalue weighted by atomic mass is 127. The molecule has 0 saturated heterocycles. The van der Waals surface area contributed by atoms with Crippen molar-refractivity contribution in [2.75, 3.05) is 13.3 Å². The predicted octanol–water partition coefficient (Wildman–Crippen LogP) is 3.58. The Balaban J connectivity index is 2.95. The van der Waals surface area contributed by atoms with Crippen molar-refractivity contribution < 1.29 is 9.13 Å². The minimum Gasteiger partial charge on any atom is -0.494 e. The minimum absolute atomic E-state index is 0.303. The van der Waals surface area contributed by atoms with Crippen molar-refractivity contribution in [3.63, 3.8) is 0 Å². The molecule has 14 heavy (non-hydrogen) atoms. The third kappa shape index (κ3) is 2.83. The van der Waals surface area contributed by atoms with Gasteiger partial charge in [-0.15, -0.1) is 0 Å². The zero-order valence-electron chi connectivity index (χ0n) is 8.09. The first-order chi connectivity index (χ1) is 6.69. The van der Waals surface area contributed by atoms with Crippen LogP contribution in [0.2, 0.25) is 0 Å². The number of alkyl halides is 1. The standard InChI is InChI=1S/C11H13FIO/c1-3-14-9-4-5-11(13)10(6-9)8(2)7-12/h4-6,8H,2-3,7H2,1H3. The van der Waals surface area contributed by atoms with Crippen LogP contribution in [0.1, 0.15) is 18.4 Å². The number of rotatable bonds is 4. The monoisotopic (exact) mass is 307 g/mol. The minimum atomic E-state index is -0.439. The van der Waals surface area contributed by atoms with Crippen molar-refractivity contribution in [3.05, 3.63) is 34.3 Å². The summed E-state index contributed by atoms with van der Waals surface area (Å²) in [5, 5.41) is 0. The van der Waals surface area contributed by atoms with E-state index in [-0.39, 0.29) is 5.92 Å². The molecule has 0 heterocycles. The normalized spacial score (nSPS) is 12.6. The van der Waals surface area contributed by atoms with E-state index in [2.05, 4.69) is 29.5 Å². The summed E-state index contributed by atoms with van der Waals surface area (Å²) in [6.45, 7) is 5.86. The molecule has 0 amide bonds. The Morgan fingerprint density at radius 3 is 2.86 bits per heavy atom. The van der Waals surface area contributed by atoms with E-state index in [0.29, 0.717) is 6.61 Å². The molecular weight excluding hydrogens is 294 g/mol.